The molecule has 0 bridgehead atoms. The number of likely N-dealkylation sites (tertiary alicyclic amines) is 1. The summed E-state index contributed by atoms with van der Waals surface area (Å²) in [5.41, 5.74) is 8.81. The summed E-state index contributed by atoms with van der Waals surface area (Å²) in [5, 5.41) is 3.25. The number of benzene rings is 2. The van der Waals surface area contributed by atoms with E-state index in [1.807, 2.05) is 53.4 Å². The van der Waals surface area contributed by atoms with Gasteiger partial charge in [0.15, 0.2) is 0 Å². The van der Waals surface area contributed by atoms with Crippen LogP contribution in [0.2, 0.25) is 0 Å². The van der Waals surface area contributed by atoms with Gasteiger partial charge in [-0.25, -0.2) is 19.0 Å². The van der Waals surface area contributed by atoms with Gasteiger partial charge in [-0.1, -0.05) is 32.0 Å². The Labute approximate surface area is 251 Å². The van der Waals surface area contributed by atoms with Gasteiger partial charge < -0.3 is 20.5 Å². The van der Waals surface area contributed by atoms with E-state index in [-0.39, 0.29) is 40.5 Å². The highest BCUT2D eigenvalue weighted by molar-refractivity contribution is 6.05. The number of halogens is 1. The first-order chi connectivity index (χ1) is 21.2. The van der Waals surface area contributed by atoms with E-state index in [1.54, 1.807) is 23.2 Å². The number of nitrogens with one attached hydrogen (secondary N) is 1. The zero-order chi connectivity index (χ0) is 30.7. The van der Waals surface area contributed by atoms with Gasteiger partial charge in [0.25, 0.3) is 11.5 Å². The Morgan fingerprint density at radius 1 is 1.07 bits per heavy atom. The minimum atomic E-state index is -0.584. The van der Waals surface area contributed by atoms with E-state index in [9.17, 15) is 14.4 Å². The molecule has 1 fully saturated rings. The fourth-order valence-corrected chi connectivity index (χ4v) is 6.30. The van der Waals surface area contributed by atoms with Gasteiger partial charge in [-0.05, 0) is 43.2 Å². The predicted molar refractivity (Wildman–Crippen MR) is 164 cm³/mol. The van der Waals surface area contributed by atoms with E-state index in [4.69, 9.17) is 5.73 Å². The van der Waals surface area contributed by atoms with E-state index >= 15 is 4.39 Å². The van der Waals surface area contributed by atoms with Crippen molar-refractivity contribution in [2.45, 2.75) is 39.3 Å². The molecule has 2 aliphatic heterocycles. The number of rotatable bonds is 6. The summed E-state index contributed by atoms with van der Waals surface area (Å²) in [6, 6.07) is 13.6. The van der Waals surface area contributed by atoms with Gasteiger partial charge in [-0.2, -0.15) is 0 Å². The lowest BCUT2D eigenvalue weighted by Crippen LogP contribution is -2.51. The SMILES string of the molecule is CC(C)C(=O)N1CC(n2cc(-c3ccc(NC(=O)c4c5n(n(-c6ccccc6)c4=O)CCC5)cc3F)c3c(N)ncnc32)C1. The lowest BCUT2D eigenvalue weighted by atomic mass is 10.0. The molecule has 5 aromatic rings. The molecule has 0 atom stereocenters. The molecule has 224 valence electrons. The molecular weight excluding hydrogens is 563 g/mol. The van der Waals surface area contributed by atoms with E-state index in [1.165, 1.54) is 17.1 Å². The van der Waals surface area contributed by atoms with Crippen molar-refractivity contribution in [3.63, 3.8) is 0 Å². The maximum absolute atomic E-state index is 15.8. The number of carbonyl (C=O) groups is 2. The van der Waals surface area contributed by atoms with Crippen LogP contribution in [0.3, 0.4) is 0 Å². The molecule has 12 heteroatoms. The molecule has 0 unspecified atom stereocenters. The normalized spacial score (nSPS) is 14.7. The molecule has 1 saturated heterocycles. The van der Waals surface area contributed by atoms with Crippen molar-refractivity contribution in [3.05, 3.63) is 88.5 Å². The highest BCUT2D eigenvalue weighted by atomic mass is 19.1. The minimum absolute atomic E-state index is 0.0334. The summed E-state index contributed by atoms with van der Waals surface area (Å²) >= 11 is 0. The third kappa shape index (κ3) is 4.36. The third-order valence-corrected chi connectivity index (χ3v) is 8.48. The fraction of sp³-hybridized carbons (Fsp3) is 0.281. The summed E-state index contributed by atoms with van der Waals surface area (Å²) in [7, 11) is 0. The number of carbonyl (C=O) groups excluding carboxylic acids is 2. The van der Waals surface area contributed by atoms with Crippen LogP contribution in [0.15, 0.2) is 65.8 Å². The number of hydrogen-bond donors (Lipinski definition) is 2. The van der Waals surface area contributed by atoms with Crippen LogP contribution in [0.5, 0.6) is 0 Å². The van der Waals surface area contributed by atoms with Crippen molar-refractivity contribution < 1.29 is 14.0 Å². The second kappa shape index (κ2) is 10.5. The second-order valence-corrected chi connectivity index (χ2v) is 11.6. The van der Waals surface area contributed by atoms with Crippen LogP contribution in [0, 0.1) is 11.7 Å². The van der Waals surface area contributed by atoms with Gasteiger partial charge in [0.1, 0.15) is 29.2 Å². The van der Waals surface area contributed by atoms with Gasteiger partial charge >= 0.3 is 0 Å². The maximum atomic E-state index is 15.8. The maximum Gasteiger partial charge on any atom is 0.284 e. The van der Waals surface area contributed by atoms with E-state index in [0.717, 1.165) is 6.42 Å². The average molecular weight is 595 g/mol. The number of aromatic nitrogens is 5. The van der Waals surface area contributed by atoms with Gasteiger partial charge in [-0.15, -0.1) is 0 Å². The number of para-hydroxylation sites is 1. The summed E-state index contributed by atoms with van der Waals surface area (Å²) in [6.07, 6.45) is 4.58. The zero-order valence-corrected chi connectivity index (χ0v) is 24.3. The number of nitrogen functional groups attached to an aromatic ring is 1. The van der Waals surface area contributed by atoms with Crippen LogP contribution < -0.4 is 16.6 Å². The van der Waals surface area contributed by atoms with Crippen molar-refractivity contribution in [1.29, 1.82) is 0 Å². The summed E-state index contributed by atoms with van der Waals surface area (Å²) in [5.74, 6) is -0.962. The quantitative estimate of drug-likeness (QED) is 0.305. The van der Waals surface area contributed by atoms with Gasteiger partial charge in [-0.3, -0.25) is 19.1 Å². The Hall–Kier alpha value is -5.26. The van der Waals surface area contributed by atoms with Gasteiger partial charge in [0, 0.05) is 48.6 Å². The smallest absolute Gasteiger partial charge is 0.284 e. The van der Waals surface area contributed by atoms with Crippen LogP contribution in [0.4, 0.5) is 15.9 Å². The molecule has 0 spiro atoms. The average Bonchev–Trinajstić information content (AvgIpc) is 3.66. The zero-order valence-electron chi connectivity index (χ0n) is 24.3. The van der Waals surface area contributed by atoms with Crippen molar-refractivity contribution in [3.8, 4) is 16.8 Å². The largest absolute Gasteiger partial charge is 0.383 e. The predicted octanol–water partition coefficient (Wildman–Crippen LogP) is 4.01. The van der Waals surface area contributed by atoms with Crippen LogP contribution in [0.1, 0.15) is 42.4 Å². The molecule has 44 heavy (non-hydrogen) atoms. The summed E-state index contributed by atoms with van der Waals surface area (Å²) in [4.78, 5) is 49.6. The molecule has 0 aliphatic carbocycles. The first-order valence-electron chi connectivity index (χ1n) is 14.6. The number of anilines is 2. The number of hydrogen-bond acceptors (Lipinski definition) is 6. The monoisotopic (exact) mass is 594 g/mol. The Bertz CT molecular complexity index is 2000. The second-order valence-electron chi connectivity index (χ2n) is 11.6. The van der Waals surface area contributed by atoms with Gasteiger partial charge in [0.05, 0.1) is 22.8 Å². The number of amides is 2. The number of fused-ring (bicyclic) bond motifs is 2. The number of nitrogens with two attached hydrogens (primary N) is 1. The standard InChI is InChI=1S/C32H31FN8O3/c1-18(2)31(43)38-14-21(15-38)39-16-23(26-28(34)35-17-36-29(26)39)22-11-10-19(13-24(22)33)37-30(42)27-25-9-6-12-40(25)41(32(27)44)20-7-4-3-5-8-20/h3-5,7-8,10-11,13,16-18,21H,6,9,12,14-15H2,1-2H3,(H,37,42)(H2,34,35,36). The summed E-state index contributed by atoms with van der Waals surface area (Å²) < 4.78 is 21.1. The lowest BCUT2D eigenvalue weighted by molar-refractivity contribution is -0.140. The summed E-state index contributed by atoms with van der Waals surface area (Å²) in [6.45, 7) is 5.41. The first kappa shape index (κ1) is 27.6. The molecule has 11 nitrogen and oxygen atoms in total. The Morgan fingerprint density at radius 3 is 2.57 bits per heavy atom. The Kier molecular flexibility index (Phi) is 6.56. The van der Waals surface area contributed by atoms with Crippen LogP contribution in [0.25, 0.3) is 27.8 Å². The van der Waals surface area contributed by atoms with Crippen molar-refractivity contribution >= 4 is 34.4 Å². The van der Waals surface area contributed by atoms with E-state index < -0.39 is 17.3 Å². The van der Waals surface area contributed by atoms with Crippen molar-refractivity contribution in [2.24, 2.45) is 5.92 Å². The minimum Gasteiger partial charge on any atom is -0.383 e. The van der Waals surface area contributed by atoms with Crippen molar-refractivity contribution in [1.82, 2.24) is 28.8 Å². The van der Waals surface area contributed by atoms with Crippen molar-refractivity contribution in [2.75, 3.05) is 24.1 Å². The molecule has 7 rings (SSSR count). The highest BCUT2D eigenvalue weighted by Crippen LogP contribution is 2.38. The third-order valence-electron chi connectivity index (χ3n) is 8.48. The van der Waals surface area contributed by atoms with Crippen LogP contribution in [-0.4, -0.2) is 53.7 Å². The first-order valence-corrected chi connectivity index (χ1v) is 14.6. The highest BCUT2D eigenvalue weighted by Gasteiger charge is 2.35. The molecule has 5 heterocycles. The Morgan fingerprint density at radius 2 is 1.84 bits per heavy atom. The molecule has 2 amide bonds. The molecule has 0 saturated carbocycles. The van der Waals surface area contributed by atoms with E-state index in [2.05, 4.69) is 15.3 Å². The van der Waals surface area contributed by atoms with Crippen LogP contribution >= 0.6 is 0 Å². The lowest BCUT2D eigenvalue weighted by Gasteiger charge is -2.41. The molecule has 3 aromatic heterocycles. The molecule has 2 aromatic carbocycles. The topological polar surface area (TPSA) is 133 Å². The van der Waals surface area contributed by atoms with Gasteiger partial charge in [0.2, 0.25) is 5.91 Å². The molecule has 2 aliphatic rings. The molecular formula is C32H31FN8O3. The molecule has 0 radical (unpaired) electrons. The van der Waals surface area contributed by atoms with E-state index in [0.29, 0.717) is 54.0 Å². The molecule has 3 N–H and O–H groups in total. The van der Waals surface area contributed by atoms with Crippen LogP contribution in [-0.2, 0) is 17.8 Å². The number of nitrogens with zero attached hydrogens (tertiary/aromatic N) is 6. The Balaban J connectivity index is 1.19. The fourth-order valence-electron chi connectivity index (χ4n) is 6.30.